The largest absolute Gasteiger partial charge is 0.389 e. The van der Waals surface area contributed by atoms with Crippen LogP contribution >= 0.6 is 0 Å². The van der Waals surface area contributed by atoms with E-state index >= 15 is 0 Å². The molecule has 0 rings (SSSR count). The van der Waals surface area contributed by atoms with E-state index < -0.39 is 18.6 Å². The number of rotatable bonds is 6. The molecule has 0 saturated heterocycles. The Labute approximate surface area is 82.6 Å². The van der Waals surface area contributed by atoms with Gasteiger partial charge in [-0.25, -0.2) is 0 Å². The average Bonchev–Trinajstić information content (AvgIpc) is 2.09. The standard InChI is InChI=1S/C9H18F3NO/c1-7(4-6-14-2)8(13)3-5-9(10,11)12/h7-8H,3-6,13H2,1-2H3. The van der Waals surface area contributed by atoms with Gasteiger partial charge in [0.1, 0.15) is 0 Å². The summed E-state index contributed by atoms with van der Waals surface area (Å²) in [4.78, 5) is 0. The summed E-state index contributed by atoms with van der Waals surface area (Å²) in [5.41, 5.74) is 5.61. The lowest BCUT2D eigenvalue weighted by Crippen LogP contribution is -2.30. The number of halogens is 3. The van der Waals surface area contributed by atoms with Gasteiger partial charge in [-0.1, -0.05) is 6.92 Å². The number of nitrogens with two attached hydrogens (primary N) is 1. The van der Waals surface area contributed by atoms with Gasteiger partial charge in [0.15, 0.2) is 0 Å². The summed E-state index contributed by atoms with van der Waals surface area (Å²) >= 11 is 0. The number of hydrogen-bond donors (Lipinski definition) is 1. The lowest BCUT2D eigenvalue weighted by Gasteiger charge is -2.20. The number of alkyl halides is 3. The molecule has 2 unspecified atom stereocenters. The molecule has 0 spiro atoms. The van der Waals surface area contributed by atoms with E-state index in [9.17, 15) is 13.2 Å². The van der Waals surface area contributed by atoms with Gasteiger partial charge in [-0.15, -0.1) is 0 Å². The first kappa shape index (κ1) is 13.7. The zero-order valence-corrected chi connectivity index (χ0v) is 8.60. The van der Waals surface area contributed by atoms with Gasteiger partial charge in [0.05, 0.1) is 0 Å². The average molecular weight is 213 g/mol. The lowest BCUT2D eigenvalue weighted by molar-refractivity contribution is -0.136. The van der Waals surface area contributed by atoms with Crippen LogP contribution in [0, 0.1) is 5.92 Å². The van der Waals surface area contributed by atoms with Crippen LogP contribution in [0.4, 0.5) is 13.2 Å². The fourth-order valence-electron chi connectivity index (χ4n) is 1.13. The summed E-state index contributed by atoms with van der Waals surface area (Å²) in [6.07, 6.45) is -4.20. The Balaban J connectivity index is 3.67. The van der Waals surface area contributed by atoms with E-state index in [0.717, 1.165) is 0 Å². The van der Waals surface area contributed by atoms with Crippen molar-refractivity contribution in [1.29, 1.82) is 0 Å². The summed E-state index contributed by atoms with van der Waals surface area (Å²) < 4.78 is 40.4. The summed E-state index contributed by atoms with van der Waals surface area (Å²) in [6, 6.07) is -0.397. The van der Waals surface area contributed by atoms with Gasteiger partial charge >= 0.3 is 6.18 Å². The van der Waals surface area contributed by atoms with Crippen LogP contribution in [-0.4, -0.2) is 25.9 Å². The summed E-state index contributed by atoms with van der Waals surface area (Å²) in [6.45, 7) is 2.39. The van der Waals surface area contributed by atoms with Gasteiger partial charge in [0, 0.05) is 26.2 Å². The third-order valence-corrected chi connectivity index (χ3v) is 2.27. The fraction of sp³-hybridized carbons (Fsp3) is 1.00. The molecular formula is C9H18F3NO. The van der Waals surface area contributed by atoms with Crippen molar-refractivity contribution in [3.63, 3.8) is 0 Å². The van der Waals surface area contributed by atoms with Crippen LogP contribution in [0.2, 0.25) is 0 Å². The van der Waals surface area contributed by atoms with E-state index in [-0.39, 0.29) is 12.3 Å². The third kappa shape index (κ3) is 7.15. The monoisotopic (exact) mass is 213 g/mol. The van der Waals surface area contributed by atoms with Crippen LogP contribution in [0.15, 0.2) is 0 Å². The SMILES string of the molecule is COCCC(C)C(N)CCC(F)(F)F. The predicted octanol–water partition coefficient (Wildman–Crippen LogP) is 2.33. The smallest absolute Gasteiger partial charge is 0.385 e. The molecule has 0 radical (unpaired) electrons. The van der Waals surface area contributed by atoms with Crippen LogP contribution in [0.3, 0.4) is 0 Å². The molecule has 2 N–H and O–H groups in total. The lowest BCUT2D eigenvalue weighted by atomic mass is 9.95. The highest BCUT2D eigenvalue weighted by Crippen LogP contribution is 2.23. The minimum absolute atomic E-state index is 0.00557. The van der Waals surface area contributed by atoms with Crippen LogP contribution in [0.25, 0.3) is 0 Å². The van der Waals surface area contributed by atoms with E-state index in [2.05, 4.69) is 0 Å². The van der Waals surface area contributed by atoms with Crippen LogP contribution in [0.5, 0.6) is 0 Å². The van der Waals surface area contributed by atoms with Crippen molar-refractivity contribution in [3.05, 3.63) is 0 Å². The maximum Gasteiger partial charge on any atom is 0.389 e. The molecule has 0 fully saturated rings. The molecular weight excluding hydrogens is 195 g/mol. The molecule has 2 nitrogen and oxygen atoms in total. The highest BCUT2D eigenvalue weighted by molar-refractivity contribution is 4.70. The highest BCUT2D eigenvalue weighted by Gasteiger charge is 2.28. The third-order valence-electron chi connectivity index (χ3n) is 2.27. The first-order valence-electron chi connectivity index (χ1n) is 4.68. The Morgan fingerprint density at radius 3 is 2.29 bits per heavy atom. The number of methoxy groups -OCH3 is 1. The maximum atomic E-state index is 11.9. The molecule has 86 valence electrons. The first-order chi connectivity index (χ1) is 6.37. The van der Waals surface area contributed by atoms with Gasteiger partial charge in [0.25, 0.3) is 0 Å². The fourth-order valence-corrected chi connectivity index (χ4v) is 1.13. The molecule has 0 aromatic rings. The number of hydrogen-bond acceptors (Lipinski definition) is 2. The van der Waals surface area contributed by atoms with Gasteiger partial charge < -0.3 is 10.5 Å². The van der Waals surface area contributed by atoms with Gasteiger partial charge in [-0.3, -0.25) is 0 Å². The molecule has 0 aliphatic heterocycles. The van der Waals surface area contributed by atoms with Gasteiger partial charge in [0.2, 0.25) is 0 Å². The zero-order chi connectivity index (χ0) is 11.2. The summed E-state index contributed by atoms with van der Waals surface area (Å²) in [7, 11) is 1.56. The molecule has 2 atom stereocenters. The quantitative estimate of drug-likeness (QED) is 0.735. The molecule has 0 amide bonds. The molecule has 0 heterocycles. The van der Waals surface area contributed by atoms with E-state index in [4.69, 9.17) is 10.5 Å². The molecule has 0 aromatic carbocycles. The predicted molar refractivity (Wildman–Crippen MR) is 48.9 cm³/mol. The van der Waals surface area contributed by atoms with Crippen molar-refractivity contribution in [2.45, 2.75) is 38.4 Å². The summed E-state index contributed by atoms with van der Waals surface area (Å²) in [5, 5.41) is 0. The molecule has 0 aliphatic rings. The minimum Gasteiger partial charge on any atom is -0.385 e. The maximum absolute atomic E-state index is 11.9. The van der Waals surface area contributed by atoms with E-state index in [1.807, 2.05) is 6.92 Å². The van der Waals surface area contributed by atoms with Crippen molar-refractivity contribution >= 4 is 0 Å². The van der Waals surface area contributed by atoms with Crippen molar-refractivity contribution in [2.24, 2.45) is 11.7 Å². The molecule has 0 bridgehead atoms. The van der Waals surface area contributed by atoms with Crippen molar-refractivity contribution in [3.8, 4) is 0 Å². The van der Waals surface area contributed by atoms with E-state index in [1.54, 1.807) is 7.11 Å². The summed E-state index contributed by atoms with van der Waals surface area (Å²) in [5.74, 6) is 0.0669. The second-order valence-corrected chi connectivity index (χ2v) is 3.58. The first-order valence-corrected chi connectivity index (χ1v) is 4.68. The molecule has 0 aromatic heterocycles. The Bertz CT molecular complexity index is 149. The molecule has 14 heavy (non-hydrogen) atoms. The second-order valence-electron chi connectivity index (χ2n) is 3.58. The van der Waals surface area contributed by atoms with Crippen molar-refractivity contribution in [2.75, 3.05) is 13.7 Å². The number of ether oxygens (including phenoxy) is 1. The Morgan fingerprint density at radius 1 is 1.29 bits per heavy atom. The van der Waals surface area contributed by atoms with E-state index in [0.29, 0.717) is 13.0 Å². The van der Waals surface area contributed by atoms with Gasteiger partial charge in [-0.05, 0) is 18.8 Å². The zero-order valence-electron chi connectivity index (χ0n) is 8.60. The van der Waals surface area contributed by atoms with Crippen LogP contribution in [0.1, 0.15) is 26.2 Å². The second kappa shape index (κ2) is 6.24. The minimum atomic E-state index is -4.10. The Morgan fingerprint density at radius 2 is 1.86 bits per heavy atom. The molecule has 5 heteroatoms. The Kier molecular flexibility index (Phi) is 6.11. The van der Waals surface area contributed by atoms with Crippen LogP contribution in [-0.2, 0) is 4.74 Å². The molecule has 0 aliphatic carbocycles. The van der Waals surface area contributed by atoms with E-state index in [1.165, 1.54) is 0 Å². The Hall–Kier alpha value is -0.290. The molecule has 0 saturated carbocycles. The van der Waals surface area contributed by atoms with Crippen LogP contribution < -0.4 is 5.73 Å². The topological polar surface area (TPSA) is 35.2 Å². The normalized spacial score (nSPS) is 16.7. The van der Waals surface area contributed by atoms with Gasteiger partial charge in [-0.2, -0.15) is 13.2 Å². The highest BCUT2D eigenvalue weighted by atomic mass is 19.4. The van der Waals surface area contributed by atoms with Crippen molar-refractivity contribution < 1.29 is 17.9 Å². The van der Waals surface area contributed by atoms with Crippen molar-refractivity contribution in [1.82, 2.24) is 0 Å².